The number of furan rings is 1. The zero-order chi connectivity index (χ0) is 17.4. The molecule has 0 atom stereocenters. The van der Waals surface area contributed by atoms with Crippen molar-refractivity contribution in [3.8, 4) is 0 Å². The summed E-state index contributed by atoms with van der Waals surface area (Å²) >= 11 is 0. The molecule has 0 N–H and O–H groups in total. The van der Waals surface area contributed by atoms with Gasteiger partial charge >= 0.3 is 5.97 Å². The van der Waals surface area contributed by atoms with Crippen LogP contribution in [0, 0.1) is 6.92 Å². The normalized spacial score (nSPS) is 10.9. The molecule has 0 spiro atoms. The molecule has 130 valence electrons. The highest BCUT2D eigenvalue weighted by Gasteiger charge is 2.18. The number of amides is 1. The summed E-state index contributed by atoms with van der Waals surface area (Å²) in [6.07, 6.45) is 0.879. The summed E-state index contributed by atoms with van der Waals surface area (Å²) in [7, 11) is 6.59. The zero-order valence-electron chi connectivity index (χ0n) is 14.5. The van der Waals surface area contributed by atoms with Gasteiger partial charge in [0, 0.05) is 27.3 Å². The van der Waals surface area contributed by atoms with E-state index in [1.807, 2.05) is 11.9 Å². The lowest BCUT2D eigenvalue weighted by molar-refractivity contribution is -0.131. The highest BCUT2D eigenvalue weighted by molar-refractivity contribution is 5.90. The van der Waals surface area contributed by atoms with Crippen LogP contribution in [0.1, 0.15) is 28.3 Å². The largest absolute Gasteiger partial charge is 0.465 e. The summed E-state index contributed by atoms with van der Waals surface area (Å²) in [6, 6.07) is 1.62. The number of likely N-dealkylation sites (N-methyl/N-ethyl adjacent to an activating group) is 2. The summed E-state index contributed by atoms with van der Waals surface area (Å²) in [5.41, 5.74) is 0.389. The van der Waals surface area contributed by atoms with E-state index in [9.17, 15) is 9.59 Å². The second kappa shape index (κ2) is 9.32. The molecule has 0 aliphatic rings. The Morgan fingerprint density at radius 3 is 2.57 bits per heavy atom. The van der Waals surface area contributed by atoms with Crippen LogP contribution in [-0.2, 0) is 20.8 Å². The lowest BCUT2D eigenvalue weighted by Crippen LogP contribution is -2.36. The van der Waals surface area contributed by atoms with E-state index in [4.69, 9.17) is 9.15 Å². The number of rotatable bonds is 9. The van der Waals surface area contributed by atoms with Crippen molar-refractivity contribution in [2.75, 3.05) is 48.0 Å². The maximum absolute atomic E-state index is 12.2. The lowest BCUT2D eigenvalue weighted by Gasteiger charge is -2.21. The number of carbonyl (C=O) groups is 2. The van der Waals surface area contributed by atoms with Crippen molar-refractivity contribution in [3.63, 3.8) is 0 Å². The van der Waals surface area contributed by atoms with Gasteiger partial charge in [0.25, 0.3) is 0 Å². The molecule has 0 aromatic carbocycles. The Kier molecular flexibility index (Phi) is 7.77. The van der Waals surface area contributed by atoms with E-state index < -0.39 is 5.97 Å². The Hall–Kier alpha value is -1.86. The third-order valence-electron chi connectivity index (χ3n) is 3.49. The number of aryl methyl sites for hydroxylation is 1. The second-order valence-corrected chi connectivity index (χ2v) is 5.51. The van der Waals surface area contributed by atoms with E-state index in [0.29, 0.717) is 36.8 Å². The molecule has 0 saturated heterocycles. The number of ether oxygens (including phenoxy) is 2. The predicted molar refractivity (Wildman–Crippen MR) is 85.2 cm³/mol. The van der Waals surface area contributed by atoms with Crippen LogP contribution in [0.3, 0.4) is 0 Å². The minimum Gasteiger partial charge on any atom is -0.465 e. The Morgan fingerprint density at radius 1 is 1.26 bits per heavy atom. The van der Waals surface area contributed by atoms with Gasteiger partial charge in [-0.15, -0.1) is 0 Å². The van der Waals surface area contributed by atoms with E-state index in [2.05, 4.69) is 4.74 Å². The summed E-state index contributed by atoms with van der Waals surface area (Å²) in [4.78, 5) is 27.3. The van der Waals surface area contributed by atoms with Gasteiger partial charge in [0.15, 0.2) is 0 Å². The van der Waals surface area contributed by atoms with Gasteiger partial charge in [-0.2, -0.15) is 0 Å². The summed E-state index contributed by atoms with van der Waals surface area (Å²) in [5.74, 6) is 0.591. The van der Waals surface area contributed by atoms with Crippen molar-refractivity contribution in [1.29, 1.82) is 0 Å². The van der Waals surface area contributed by atoms with Crippen LogP contribution in [0.5, 0.6) is 0 Å². The molecule has 7 heteroatoms. The van der Waals surface area contributed by atoms with Crippen molar-refractivity contribution in [2.45, 2.75) is 19.9 Å². The molecule has 0 saturated carbocycles. The summed E-state index contributed by atoms with van der Waals surface area (Å²) < 4.78 is 15.2. The van der Waals surface area contributed by atoms with Crippen LogP contribution in [0.15, 0.2) is 10.5 Å². The van der Waals surface area contributed by atoms with Crippen LogP contribution in [0.25, 0.3) is 0 Å². The van der Waals surface area contributed by atoms with E-state index in [-0.39, 0.29) is 5.91 Å². The molecule has 1 rings (SSSR count). The standard InChI is InChI=1S/C16H26N2O5/c1-12-14(16(20)22-5)9-13(23-12)10-18(3)15(19)11-17(2)7-6-8-21-4/h9H,6-8,10-11H2,1-5H3. The molecule has 0 aliphatic carbocycles. The Bertz CT molecular complexity index is 527. The molecule has 0 radical (unpaired) electrons. The third kappa shape index (κ3) is 6.03. The first-order chi connectivity index (χ1) is 10.9. The van der Waals surface area contributed by atoms with E-state index in [1.165, 1.54) is 7.11 Å². The Morgan fingerprint density at radius 2 is 1.96 bits per heavy atom. The van der Waals surface area contributed by atoms with Gasteiger partial charge in [0.2, 0.25) is 5.91 Å². The Labute approximate surface area is 137 Å². The SMILES string of the molecule is COCCCN(C)CC(=O)N(C)Cc1cc(C(=O)OC)c(C)o1. The number of esters is 1. The highest BCUT2D eigenvalue weighted by atomic mass is 16.5. The summed E-state index contributed by atoms with van der Waals surface area (Å²) in [6.45, 7) is 3.80. The number of hydrogen-bond donors (Lipinski definition) is 0. The Balaban J connectivity index is 2.53. The maximum Gasteiger partial charge on any atom is 0.341 e. The van der Waals surface area contributed by atoms with Gasteiger partial charge in [-0.25, -0.2) is 4.79 Å². The van der Waals surface area contributed by atoms with Crippen LogP contribution >= 0.6 is 0 Å². The van der Waals surface area contributed by atoms with Crippen molar-refractivity contribution in [3.05, 3.63) is 23.2 Å². The van der Waals surface area contributed by atoms with Gasteiger partial charge in [0.1, 0.15) is 17.1 Å². The lowest BCUT2D eigenvalue weighted by atomic mass is 10.2. The molecular weight excluding hydrogens is 300 g/mol. The van der Waals surface area contributed by atoms with Crippen molar-refractivity contribution in [2.24, 2.45) is 0 Å². The summed E-state index contributed by atoms with van der Waals surface area (Å²) in [5, 5.41) is 0. The molecule has 1 amide bonds. The van der Waals surface area contributed by atoms with Crippen LogP contribution in [-0.4, -0.2) is 69.7 Å². The number of hydrogen-bond acceptors (Lipinski definition) is 6. The average Bonchev–Trinajstić information content (AvgIpc) is 2.87. The highest BCUT2D eigenvalue weighted by Crippen LogP contribution is 2.17. The van der Waals surface area contributed by atoms with Gasteiger partial charge < -0.3 is 18.8 Å². The molecular formula is C16H26N2O5. The molecule has 7 nitrogen and oxygen atoms in total. The van der Waals surface area contributed by atoms with E-state index in [0.717, 1.165) is 13.0 Å². The third-order valence-corrected chi connectivity index (χ3v) is 3.49. The number of carbonyl (C=O) groups excluding carboxylic acids is 2. The fraction of sp³-hybridized carbons (Fsp3) is 0.625. The van der Waals surface area contributed by atoms with E-state index in [1.54, 1.807) is 32.0 Å². The molecule has 1 aromatic rings. The average molecular weight is 326 g/mol. The monoisotopic (exact) mass is 326 g/mol. The molecule has 0 fully saturated rings. The van der Waals surface area contributed by atoms with Gasteiger partial charge in [0.05, 0.1) is 20.2 Å². The molecule has 0 aliphatic heterocycles. The predicted octanol–water partition coefficient (Wildman–Crippen LogP) is 1.30. The van der Waals surface area contributed by atoms with Crippen molar-refractivity contribution in [1.82, 2.24) is 9.80 Å². The number of methoxy groups -OCH3 is 2. The molecule has 1 aromatic heterocycles. The maximum atomic E-state index is 12.2. The first kappa shape index (κ1) is 19.2. The fourth-order valence-corrected chi connectivity index (χ4v) is 2.17. The van der Waals surface area contributed by atoms with Crippen LogP contribution in [0.2, 0.25) is 0 Å². The zero-order valence-corrected chi connectivity index (χ0v) is 14.5. The van der Waals surface area contributed by atoms with Crippen LogP contribution < -0.4 is 0 Å². The minimum absolute atomic E-state index is 0.0152. The van der Waals surface area contributed by atoms with Gasteiger partial charge in [-0.1, -0.05) is 0 Å². The van der Waals surface area contributed by atoms with Gasteiger partial charge in [-0.3, -0.25) is 9.69 Å². The van der Waals surface area contributed by atoms with Crippen molar-refractivity contribution >= 4 is 11.9 Å². The molecule has 0 unspecified atom stereocenters. The van der Waals surface area contributed by atoms with Crippen LogP contribution in [0.4, 0.5) is 0 Å². The molecule has 23 heavy (non-hydrogen) atoms. The smallest absolute Gasteiger partial charge is 0.341 e. The first-order valence-electron chi connectivity index (χ1n) is 7.48. The van der Waals surface area contributed by atoms with E-state index >= 15 is 0 Å². The molecule has 0 bridgehead atoms. The minimum atomic E-state index is -0.440. The first-order valence-corrected chi connectivity index (χ1v) is 7.48. The topological polar surface area (TPSA) is 72.2 Å². The number of nitrogens with zero attached hydrogens (tertiary/aromatic N) is 2. The van der Waals surface area contributed by atoms with Crippen molar-refractivity contribution < 1.29 is 23.5 Å². The quantitative estimate of drug-likeness (QED) is 0.503. The second-order valence-electron chi connectivity index (χ2n) is 5.51. The molecule has 1 heterocycles. The van der Waals surface area contributed by atoms with Gasteiger partial charge in [-0.05, 0) is 26.5 Å². The fourth-order valence-electron chi connectivity index (χ4n) is 2.17.